The van der Waals surface area contributed by atoms with Gasteiger partial charge in [0.1, 0.15) is 6.10 Å². The molecule has 0 unspecified atom stereocenters. The van der Waals surface area contributed by atoms with Crippen molar-refractivity contribution in [3.8, 4) is 0 Å². The van der Waals surface area contributed by atoms with Crippen molar-refractivity contribution in [1.29, 1.82) is 0 Å². The molecule has 2 aliphatic heterocycles. The molecule has 2 aromatic carbocycles. The molecule has 1 N–H and O–H groups in total. The molecule has 0 aliphatic carbocycles. The van der Waals surface area contributed by atoms with Gasteiger partial charge in [-0.25, -0.2) is 0 Å². The minimum absolute atomic E-state index is 0.0832. The summed E-state index contributed by atoms with van der Waals surface area (Å²) >= 11 is 0. The molecule has 2 aromatic rings. The second-order valence-corrected chi connectivity index (χ2v) is 6.24. The summed E-state index contributed by atoms with van der Waals surface area (Å²) in [5, 5.41) is 3.45. The maximum Gasteiger partial charge on any atom is 0.109 e. The maximum atomic E-state index is 6.65. The lowest BCUT2D eigenvalue weighted by molar-refractivity contribution is -0.0798. The molecule has 0 amide bonds. The first kappa shape index (κ1) is 13.1. The van der Waals surface area contributed by atoms with E-state index in [2.05, 4.69) is 60.8 Å². The fourth-order valence-corrected chi connectivity index (χ4v) is 3.70. The van der Waals surface area contributed by atoms with Crippen molar-refractivity contribution < 1.29 is 4.74 Å². The number of hydrogen-bond donors (Lipinski definition) is 1. The lowest BCUT2D eigenvalue weighted by Gasteiger charge is -2.34. The number of aryl methyl sites for hydroxylation is 1. The molecular weight excluding hydrogens is 258 g/mol. The van der Waals surface area contributed by atoms with Crippen LogP contribution in [0.5, 0.6) is 0 Å². The monoisotopic (exact) mass is 279 g/mol. The number of piperidine rings is 1. The van der Waals surface area contributed by atoms with Crippen molar-refractivity contribution in [2.24, 2.45) is 0 Å². The molecule has 2 nitrogen and oxygen atoms in total. The molecule has 0 aromatic heterocycles. The van der Waals surface area contributed by atoms with E-state index in [9.17, 15) is 0 Å². The Balaban J connectivity index is 1.79. The van der Waals surface area contributed by atoms with Crippen LogP contribution in [-0.2, 0) is 10.3 Å². The molecule has 0 bridgehead atoms. The maximum absolute atomic E-state index is 6.65. The Labute approximate surface area is 126 Å². The number of ether oxygens (including phenoxy) is 1. The Kier molecular flexibility index (Phi) is 3.09. The minimum atomic E-state index is -0.0859. The van der Waals surface area contributed by atoms with Gasteiger partial charge in [-0.3, -0.25) is 0 Å². The predicted molar refractivity (Wildman–Crippen MR) is 84.3 cm³/mol. The molecule has 108 valence electrons. The quantitative estimate of drug-likeness (QED) is 0.859. The van der Waals surface area contributed by atoms with Crippen LogP contribution in [0.15, 0.2) is 48.5 Å². The summed E-state index contributed by atoms with van der Waals surface area (Å²) in [5.74, 6) is 0. The molecule has 2 heteroatoms. The van der Waals surface area contributed by atoms with Crippen molar-refractivity contribution in [3.05, 3.63) is 70.8 Å². The van der Waals surface area contributed by atoms with E-state index in [0.29, 0.717) is 0 Å². The van der Waals surface area contributed by atoms with Crippen LogP contribution in [-0.4, -0.2) is 13.1 Å². The van der Waals surface area contributed by atoms with E-state index in [1.165, 1.54) is 22.3 Å². The van der Waals surface area contributed by atoms with Gasteiger partial charge < -0.3 is 10.1 Å². The van der Waals surface area contributed by atoms with Crippen LogP contribution < -0.4 is 5.32 Å². The topological polar surface area (TPSA) is 21.3 Å². The summed E-state index contributed by atoms with van der Waals surface area (Å²) < 4.78 is 6.65. The Hall–Kier alpha value is -1.64. The third-order valence-electron chi connectivity index (χ3n) is 4.87. The van der Waals surface area contributed by atoms with Crippen LogP contribution in [0.4, 0.5) is 0 Å². The highest BCUT2D eigenvalue weighted by atomic mass is 16.5. The second-order valence-electron chi connectivity index (χ2n) is 6.24. The Bertz CT molecular complexity index is 641. The Morgan fingerprint density at radius 2 is 1.71 bits per heavy atom. The van der Waals surface area contributed by atoms with E-state index in [1.807, 2.05) is 0 Å². The smallest absolute Gasteiger partial charge is 0.109 e. The molecule has 21 heavy (non-hydrogen) atoms. The SMILES string of the molecule is Cc1ccc([C@H]2OC3(CCNCC3)c3ccccc32)cc1. The van der Waals surface area contributed by atoms with E-state index in [1.54, 1.807) is 0 Å². The van der Waals surface area contributed by atoms with E-state index < -0.39 is 0 Å². The lowest BCUT2D eigenvalue weighted by Crippen LogP contribution is -2.39. The van der Waals surface area contributed by atoms with E-state index in [0.717, 1.165) is 25.9 Å². The highest BCUT2D eigenvalue weighted by Crippen LogP contribution is 2.50. The number of nitrogens with one attached hydrogen (secondary N) is 1. The fraction of sp³-hybridized carbons (Fsp3) is 0.368. The average molecular weight is 279 g/mol. The predicted octanol–water partition coefficient (Wildman–Crippen LogP) is 3.69. The Morgan fingerprint density at radius 1 is 1.00 bits per heavy atom. The van der Waals surface area contributed by atoms with Gasteiger partial charge in [0.2, 0.25) is 0 Å². The van der Waals surface area contributed by atoms with E-state index in [4.69, 9.17) is 4.74 Å². The van der Waals surface area contributed by atoms with E-state index >= 15 is 0 Å². The van der Waals surface area contributed by atoms with Gasteiger partial charge in [-0.1, -0.05) is 54.1 Å². The Morgan fingerprint density at radius 3 is 2.48 bits per heavy atom. The van der Waals surface area contributed by atoms with Crippen molar-refractivity contribution >= 4 is 0 Å². The standard InChI is InChI=1S/C19H21NO/c1-14-6-8-15(9-7-14)18-16-4-2-3-5-17(16)19(21-18)10-12-20-13-11-19/h2-9,18,20H,10-13H2,1H3/t18-/m1/s1. The molecule has 2 heterocycles. The molecular formula is C19H21NO. The third kappa shape index (κ3) is 2.10. The van der Waals surface area contributed by atoms with Gasteiger partial charge in [-0.15, -0.1) is 0 Å². The summed E-state index contributed by atoms with van der Waals surface area (Å²) in [6, 6.07) is 17.5. The summed E-state index contributed by atoms with van der Waals surface area (Å²) in [7, 11) is 0. The summed E-state index contributed by atoms with van der Waals surface area (Å²) in [4.78, 5) is 0. The molecule has 4 rings (SSSR count). The highest BCUT2D eigenvalue weighted by molar-refractivity contribution is 5.44. The zero-order valence-corrected chi connectivity index (χ0v) is 12.4. The zero-order valence-electron chi connectivity index (χ0n) is 12.4. The van der Waals surface area contributed by atoms with Gasteiger partial charge in [0.05, 0.1) is 5.60 Å². The van der Waals surface area contributed by atoms with Crippen molar-refractivity contribution in [3.63, 3.8) is 0 Å². The molecule has 1 spiro atoms. The van der Waals surface area contributed by atoms with Gasteiger partial charge in [0.15, 0.2) is 0 Å². The molecule has 0 radical (unpaired) electrons. The van der Waals surface area contributed by atoms with Crippen molar-refractivity contribution in [2.75, 3.05) is 13.1 Å². The largest absolute Gasteiger partial charge is 0.358 e. The average Bonchev–Trinajstić information content (AvgIpc) is 2.84. The summed E-state index contributed by atoms with van der Waals surface area (Å²) in [5.41, 5.74) is 5.22. The van der Waals surface area contributed by atoms with Crippen molar-refractivity contribution in [2.45, 2.75) is 31.5 Å². The molecule has 1 atom stereocenters. The summed E-state index contributed by atoms with van der Waals surface area (Å²) in [6.07, 6.45) is 2.21. The minimum Gasteiger partial charge on any atom is -0.358 e. The number of rotatable bonds is 1. The summed E-state index contributed by atoms with van der Waals surface area (Å²) in [6.45, 7) is 4.20. The number of benzene rings is 2. The van der Waals surface area contributed by atoms with Crippen LogP contribution in [0.25, 0.3) is 0 Å². The van der Waals surface area contributed by atoms with Crippen LogP contribution in [0.3, 0.4) is 0 Å². The number of hydrogen-bond acceptors (Lipinski definition) is 2. The molecule has 0 saturated carbocycles. The third-order valence-corrected chi connectivity index (χ3v) is 4.87. The first-order valence-corrected chi connectivity index (χ1v) is 7.83. The lowest BCUT2D eigenvalue weighted by atomic mass is 9.84. The first-order chi connectivity index (χ1) is 10.3. The van der Waals surface area contributed by atoms with Gasteiger partial charge in [-0.05, 0) is 49.5 Å². The highest BCUT2D eigenvalue weighted by Gasteiger charge is 2.45. The van der Waals surface area contributed by atoms with Gasteiger partial charge in [0.25, 0.3) is 0 Å². The van der Waals surface area contributed by atoms with Gasteiger partial charge >= 0.3 is 0 Å². The van der Waals surface area contributed by atoms with Crippen LogP contribution in [0, 0.1) is 6.92 Å². The van der Waals surface area contributed by atoms with Gasteiger partial charge in [-0.2, -0.15) is 0 Å². The molecule has 1 saturated heterocycles. The van der Waals surface area contributed by atoms with Crippen LogP contribution >= 0.6 is 0 Å². The van der Waals surface area contributed by atoms with Crippen LogP contribution in [0.2, 0.25) is 0 Å². The normalized spacial score (nSPS) is 23.2. The first-order valence-electron chi connectivity index (χ1n) is 7.83. The second kappa shape index (κ2) is 4.97. The van der Waals surface area contributed by atoms with Crippen molar-refractivity contribution in [1.82, 2.24) is 5.32 Å². The van der Waals surface area contributed by atoms with E-state index in [-0.39, 0.29) is 11.7 Å². The molecule has 1 fully saturated rings. The molecule has 2 aliphatic rings. The number of fused-ring (bicyclic) bond motifs is 2. The van der Waals surface area contributed by atoms with Crippen LogP contribution in [0.1, 0.15) is 41.2 Å². The van der Waals surface area contributed by atoms with Gasteiger partial charge in [0, 0.05) is 0 Å². The zero-order chi connectivity index (χ0) is 14.3. The fourth-order valence-electron chi connectivity index (χ4n) is 3.70.